The molecule has 4 nitrogen and oxygen atoms in total. The van der Waals surface area contributed by atoms with E-state index in [-0.39, 0.29) is 11.7 Å². The van der Waals surface area contributed by atoms with E-state index in [4.69, 9.17) is 4.74 Å². The molecule has 3 rings (SSSR count). The molecule has 1 heterocycles. The van der Waals surface area contributed by atoms with E-state index in [0.717, 1.165) is 43.4 Å². The van der Waals surface area contributed by atoms with Crippen LogP contribution in [-0.4, -0.2) is 42.9 Å². The van der Waals surface area contributed by atoms with E-state index in [1.807, 2.05) is 55.6 Å². The van der Waals surface area contributed by atoms with Crippen LogP contribution < -0.4 is 0 Å². The van der Waals surface area contributed by atoms with Crippen molar-refractivity contribution in [1.82, 2.24) is 4.90 Å². The van der Waals surface area contributed by atoms with Crippen LogP contribution in [0.5, 0.6) is 0 Å². The van der Waals surface area contributed by atoms with Crippen molar-refractivity contribution in [2.75, 3.05) is 20.2 Å². The van der Waals surface area contributed by atoms with Crippen LogP contribution >= 0.6 is 0 Å². The Bertz CT molecular complexity index is 809. The zero-order chi connectivity index (χ0) is 19.2. The number of ketones is 1. The summed E-state index contributed by atoms with van der Waals surface area (Å²) in [4.78, 5) is 26.5. The minimum atomic E-state index is 0.00416. The number of rotatable bonds is 7. The summed E-state index contributed by atoms with van der Waals surface area (Å²) in [5.41, 5.74) is 3.07. The van der Waals surface area contributed by atoms with Crippen molar-refractivity contribution in [2.45, 2.75) is 38.7 Å². The molecule has 0 aromatic heterocycles. The summed E-state index contributed by atoms with van der Waals surface area (Å²) in [6, 6.07) is 15.0. The number of nitrogens with zero attached hydrogens (tertiary/aromatic N) is 1. The van der Waals surface area contributed by atoms with E-state index >= 15 is 0 Å². The number of Topliss-reactive ketones (excluding diaryl/α,β-unsaturated/α-hetero) is 1. The maximum Gasteiger partial charge on any atom is 0.253 e. The van der Waals surface area contributed by atoms with E-state index in [1.54, 1.807) is 11.8 Å². The smallest absolute Gasteiger partial charge is 0.253 e. The third kappa shape index (κ3) is 4.83. The van der Waals surface area contributed by atoms with Gasteiger partial charge < -0.3 is 9.64 Å². The monoisotopic (exact) mass is 365 g/mol. The highest BCUT2D eigenvalue weighted by Gasteiger charge is 2.17. The normalized spacial score (nSPS) is 16.3. The summed E-state index contributed by atoms with van der Waals surface area (Å²) in [6.07, 6.45) is 4.59. The third-order valence-corrected chi connectivity index (χ3v) is 5.12. The number of amides is 1. The average Bonchev–Trinajstić information content (AvgIpc) is 3.21. The number of carbonyl (C=O) groups excluding carboxylic acids is 2. The fraction of sp³-hybridized carbons (Fsp3) is 0.391. The van der Waals surface area contributed by atoms with Crippen molar-refractivity contribution in [3.05, 3.63) is 59.7 Å². The predicted molar refractivity (Wildman–Crippen MR) is 107 cm³/mol. The SMILES string of the molecule is CC(=O)c1ccccc1-c1cccc(C(=O)N(C)CCCC2CCCO2)c1. The molecule has 0 bridgehead atoms. The summed E-state index contributed by atoms with van der Waals surface area (Å²) in [5.74, 6) is 0.0260. The molecule has 1 aliphatic heterocycles. The Kier molecular flexibility index (Phi) is 6.40. The highest BCUT2D eigenvalue weighted by Crippen LogP contribution is 2.25. The maximum absolute atomic E-state index is 12.8. The van der Waals surface area contributed by atoms with Gasteiger partial charge in [-0.25, -0.2) is 0 Å². The predicted octanol–water partition coefficient (Wildman–Crippen LogP) is 4.59. The van der Waals surface area contributed by atoms with E-state index in [2.05, 4.69) is 0 Å². The van der Waals surface area contributed by atoms with Gasteiger partial charge >= 0.3 is 0 Å². The molecule has 0 saturated carbocycles. The van der Waals surface area contributed by atoms with Gasteiger partial charge in [0.25, 0.3) is 5.91 Å². The van der Waals surface area contributed by atoms with Crippen molar-refractivity contribution in [3.63, 3.8) is 0 Å². The second-order valence-corrected chi connectivity index (χ2v) is 7.19. The molecule has 1 amide bonds. The van der Waals surface area contributed by atoms with Crippen LogP contribution in [0.4, 0.5) is 0 Å². The molecule has 142 valence electrons. The summed E-state index contributed by atoms with van der Waals surface area (Å²) < 4.78 is 5.64. The van der Waals surface area contributed by atoms with Crippen LogP contribution in [0.1, 0.15) is 53.3 Å². The van der Waals surface area contributed by atoms with Crippen LogP contribution in [0.2, 0.25) is 0 Å². The van der Waals surface area contributed by atoms with Crippen molar-refractivity contribution in [1.29, 1.82) is 0 Å². The van der Waals surface area contributed by atoms with E-state index < -0.39 is 0 Å². The van der Waals surface area contributed by atoms with Gasteiger partial charge in [-0.2, -0.15) is 0 Å². The summed E-state index contributed by atoms with van der Waals surface area (Å²) in [6.45, 7) is 3.15. The molecule has 0 aliphatic carbocycles. The molecule has 1 fully saturated rings. The maximum atomic E-state index is 12.8. The first-order chi connectivity index (χ1) is 13.1. The summed E-state index contributed by atoms with van der Waals surface area (Å²) >= 11 is 0. The van der Waals surface area contributed by atoms with Crippen LogP contribution in [0.25, 0.3) is 11.1 Å². The number of ether oxygens (including phenoxy) is 1. The van der Waals surface area contributed by atoms with Crippen molar-refractivity contribution < 1.29 is 14.3 Å². The van der Waals surface area contributed by atoms with Crippen molar-refractivity contribution in [3.8, 4) is 11.1 Å². The molecule has 0 spiro atoms. The van der Waals surface area contributed by atoms with Crippen LogP contribution in [-0.2, 0) is 4.74 Å². The Hall–Kier alpha value is -2.46. The van der Waals surface area contributed by atoms with Gasteiger partial charge in [0.1, 0.15) is 0 Å². The molecule has 1 atom stereocenters. The number of carbonyl (C=O) groups is 2. The Morgan fingerprint density at radius 2 is 1.96 bits per heavy atom. The van der Waals surface area contributed by atoms with Gasteiger partial charge in [-0.1, -0.05) is 36.4 Å². The second kappa shape index (κ2) is 8.96. The highest BCUT2D eigenvalue weighted by molar-refractivity contribution is 6.02. The van der Waals surface area contributed by atoms with E-state index in [0.29, 0.717) is 23.8 Å². The lowest BCUT2D eigenvalue weighted by Gasteiger charge is -2.19. The second-order valence-electron chi connectivity index (χ2n) is 7.19. The van der Waals surface area contributed by atoms with Crippen molar-refractivity contribution >= 4 is 11.7 Å². The lowest BCUT2D eigenvalue weighted by molar-refractivity contribution is 0.0763. The van der Waals surface area contributed by atoms with Crippen LogP contribution in [0.15, 0.2) is 48.5 Å². The Morgan fingerprint density at radius 3 is 2.70 bits per heavy atom. The number of hydrogen-bond acceptors (Lipinski definition) is 3. The molecule has 0 N–H and O–H groups in total. The third-order valence-electron chi connectivity index (χ3n) is 5.12. The zero-order valence-corrected chi connectivity index (χ0v) is 16.1. The molecular formula is C23H27NO3. The minimum Gasteiger partial charge on any atom is -0.378 e. The molecule has 2 aromatic carbocycles. The first kappa shape index (κ1) is 19.3. The van der Waals surface area contributed by atoms with E-state index in [9.17, 15) is 9.59 Å². The Morgan fingerprint density at radius 1 is 1.15 bits per heavy atom. The minimum absolute atomic E-state index is 0.00416. The lowest BCUT2D eigenvalue weighted by atomic mass is 9.96. The summed E-state index contributed by atoms with van der Waals surface area (Å²) in [5, 5.41) is 0. The fourth-order valence-corrected chi connectivity index (χ4v) is 3.61. The average molecular weight is 365 g/mol. The van der Waals surface area contributed by atoms with Gasteiger partial charge in [0.15, 0.2) is 5.78 Å². The van der Waals surface area contributed by atoms with Gasteiger partial charge in [-0.05, 0) is 55.9 Å². The first-order valence-corrected chi connectivity index (χ1v) is 9.63. The van der Waals surface area contributed by atoms with Gasteiger partial charge in [0, 0.05) is 31.3 Å². The van der Waals surface area contributed by atoms with Crippen molar-refractivity contribution in [2.24, 2.45) is 0 Å². The number of benzene rings is 2. The molecule has 1 saturated heterocycles. The molecule has 2 aromatic rings. The van der Waals surface area contributed by atoms with E-state index in [1.165, 1.54) is 0 Å². The summed E-state index contributed by atoms with van der Waals surface area (Å²) in [7, 11) is 1.84. The standard InChI is InChI=1S/C23H27NO3/c1-17(25)21-12-3-4-13-22(21)18-8-5-9-19(16-18)23(26)24(2)14-6-10-20-11-7-15-27-20/h3-5,8-9,12-13,16,20H,6-7,10-11,14-15H2,1-2H3. The molecule has 27 heavy (non-hydrogen) atoms. The molecule has 1 unspecified atom stereocenters. The Labute approximate surface area is 161 Å². The quantitative estimate of drug-likeness (QED) is 0.674. The highest BCUT2D eigenvalue weighted by atomic mass is 16.5. The molecule has 0 radical (unpaired) electrons. The topological polar surface area (TPSA) is 46.6 Å². The number of hydrogen-bond donors (Lipinski definition) is 0. The largest absolute Gasteiger partial charge is 0.378 e. The molecular weight excluding hydrogens is 338 g/mol. The molecule has 1 aliphatic rings. The fourth-order valence-electron chi connectivity index (χ4n) is 3.61. The lowest BCUT2D eigenvalue weighted by Crippen LogP contribution is -2.28. The molecule has 4 heteroatoms. The first-order valence-electron chi connectivity index (χ1n) is 9.63. The van der Waals surface area contributed by atoms with Gasteiger partial charge in [0.2, 0.25) is 0 Å². The van der Waals surface area contributed by atoms with Gasteiger partial charge in [-0.15, -0.1) is 0 Å². The van der Waals surface area contributed by atoms with Gasteiger partial charge in [-0.3, -0.25) is 9.59 Å². The zero-order valence-electron chi connectivity index (χ0n) is 16.1. The van der Waals surface area contributed by atoms with Crippen LogP contribution in [0.3, 0.4) is 0 Å². The van der Waals surface area contributed by atoms with Gasteiger partial charge in [0.05, 0.1) is 6.10 Å². The van der Waals surface area contributed by atoms with Crippen LogP contribution in [0, 0.1) is 0 Å². The Balaban J connectivity index is 1.69.